The molecule has 1 atom stereocenters. The Morgan fingerprint density at radius 3 is 2.85 bits per heavy atom. The molecule has 0 aliphatic rings. The van der Waals surface area contributed by atoms with E-state index in [1.807, 2.05) is 6.92 Å². The summed E-state index contributed by atoms with van der Waals surface area (Å²) in [6, 6.07) is 0. The lowest BCUT2D eigenvalue weighted by atomic mass is 10.2. The van der Waals surface area contributed by atoms with Gasteiger partial charge in [0.05, 0.1) is 0 Å². The summed E-state index contributed by atoms with van der Waals surface area (Å²) in [4.78, 5) is 15.6. The molecule has 0 fully saturated rings. The first-order chi connectivity index (χ1) is 6.20. The standard InChI is InChI=1S/C8H18N2O2S/c1-2-10-12-8(11)4-3-7(13)5-6-9/h7,10,13H,2-6,9H2,1H3. The summed E-state index contributed by atoms with van der Waals surface area (Å²) in [5, 5.41) is 0.194. The molecule has 0 spiro atoms. The van der Waals surface area contributed by atoms with Crippen LogP contribution in [0.4, 0.5) is 0 Å². The molecule has 0 aromatic heterocycles. The summed E-state index contributed by atoms with van der Waals surface area (Å²) < 4.78 is 0. The van der Waals surface area contributed by atoms with Crippen molar-refractivity contribution >= 4 is 18.6 Å². The molecule has 0 radical (unpaired) electrons. The zero-order valence-electron chi connectivity index (χ0n) is 7.95. The van der Waals surface area contributed by atoms with E-state index < -0.39 is 0 Å². The Balaban J connectivity index is 3.34. The third kappa shape index (κ3) is 8.08. The van der Waals surface area contributed by atoms with Crippen molar-refractivity contribution in [2.24, 2.45) is 5.73 Å². The van der Waals surface area contributed by atoms with Gasteiger partial charge in [-0.05, 0) is 26.3 Å². The third-order valence-electron chi connectivity index (χ3n) is 1.51. The Morgan fingerprint density at radius 2 is 2.31 bits per heavy atom. The normalized spacial score (nSPS) is 12.5. The fourth-order valence-corrected chi connectivity index (χ4v) is 1.10. The second kappa shape index (κ2) is 8.34. The monoisotopic (exact) mass is 206 g/mol. The van der Waals surface area contributed by atoms with Gasteiger partial charge >= 0.3 is 5.97 Å². The Morgan fingerprint density at radius 1 is 1.62 bits per heavy atom. The molecule has 78 valence electrons. The molecular formula is C8H18N2O2S. The van der Waals surface area contributed by atoms with Crippen LogP contribution in [0, 0.1) is 0 Å². The molecule has 0 rings (SSSR count). The predicted octanol–water partition coefficient (Wildman–Crippen LogP) is 0.481. The van der Waals surface area contributed by atoms with Crippen molar-refractivity contribution in [1.29, 1.82) is 0 Å². The van der Waals surface area contributed by atoms with Gasteiger partial charge in [-0.3, -0.25) is 4.79 Å². The average molecular weight is 206 g/mol. The highest BCUT2D eigenvalue weighted by molar-refractivity contribution is 7.80. The van der Waals surface area contributed by atoms with E-state index in [4.69, 9.17) is 5.73 Å². The topological polar surface area (TPSA) is 64.3 Å². The Hall–Kier alpha value is -0.260. The van der Waals surface area contributed by atoms with Gasteiger partial charge in [-0.2, -0.15) is 18.1 Å². The number of carbonyl (C=O) groups is 1. The number of hydrogen-bond donors (Lipinski definition) is 3. The van der Waals surface area contributed by atoms with Crippen LogP contribution in [0.5, 0.6) is 0 Å². The lowest BCUT2D eigenvalue weighted by molar-refractivity contribution is -0.151. The molecule has 0 saturated heterocycles. The van der Waals surface area contributed by atoms with E-state index in [-0.39, 0.29) is 11.2 Å². The van der Waals surface area contributed by atoms with Gasteiger partial charge in [-0.25, -0.2) is 0 Å². The van der Waals surface area contributed by atoms with Crippen LogP contribution < -0.4 is 11.2 Å². The largest absolute Gasteiger partial charge is 0.371 e. The molecule has 0 bridgehead atoms. The van der Waals surface area contributed by atoms with Crippen molar-refractivity contribution in [1.82, 2.24) is 5.48 Å². The smallest absolute Gasteiger partial charge is 0.324 e. The molecule has 5 heteroatoms. The van der Waals surface area contributed by atoms with E-state index in [9.17, 15) is 4.79 Å². The van der Waals surface area contributed by atoms with Crippen LogP contribution in [0.1, 0.15) is 26.2 Å². The maximum absolute atomic E-state index is 11.0. The molecule has 0 saturated carbocycles. The number of hydrogen-bond acceptors (Lipinski definition) is 5. The van der Waals surface area contributed by atoms with Crippen LogP contribution in [-0.2, 0) is 9.63 Å². The van der Waals surface area contributed by atoms with Gasteiger partial charge in [0.25, 0.3) is 0 Å². The maximum Gasteiger partial charge on any atom is 0.324 e. The van der Waals surface area contributed by atoms with Crippen LogP contribution in [0.25, 0.3) is 0 Å². The van der Waals surface area contributed by atoms with Gasteiger partial charge in [0.15, 0.2) is 0 Å². The molecule has 4 nitrogen and oxygen atoms in total. The lowest BCUT2D eigenvalue weighted by Crippen LogP contribution is -2.20. The summed E-state index contributed by atoms with van der Waals surface area (Å²) in [7, 11) is 0. The molecule has 13 heavy (non-hydrogen) atoms. The number of carbonyl (C=O) groups excluding carboxylic acids is 1. The SMILES string of the molecule is CCNOC(=O)CCC(S)CCN. The molecule has 0 aromatic carbocycles. The molecular weight excluding hydrogens is 188 g/mol. The maximum atomic E-state index is 11.0. The molecule has 0 aliphatic heterocycles. The van der Waals surface area contributed by atoms with E-state index in [0.717, 1.165) is 6.42 Å². The van der Waals surface area contributed by atoms with Crippen LogP contribution >= 0.6 is 12.6 Å². The summed E-state index contributed by atoms with van der Waals surface area (Å²) in [5.41, 5.74) is 7.84. The van der Waals surface area contributed by atoms with E-state index >= 15 is 0 Å². The summed E-state index contributed by atoms with van der Waals surface area (Å²) >= 11 is 4.27. The molecule has 1 unspecified atom stereocenters. The van der Waals surface area contributed by atoms with E-state index in [1.54, 1.807) is 0 Å². The average Bonchev–Trinajstić information content (AvgIpc) is 2.12. The molecule has 0 aromatic rings. The number of thiol groups is 1. The Labute approximate surface area is 84.6 Å². The summed E-state index contributed by atoms with van der Waals surface area (Å²) in [6.45, 7) is 3.10. The molecule has 0 aliphatic carbocycles. The van der Waals surface area contributed by atoms with Gasteiger partial charge in [0, 0.05) is 18.2 Å². The number of nitrogens with one attached hydrogen (secondary N) is 1. The summed E-state index contributed by atoms with van der Waals surface area (Å²) in [5.74, 6) is -0.238. The predicted molar refractivity (Wildman–Crippen MR) is 55.4 cm³/mol. The Kier molecular flexibility index (Phi) is 8.18. The van der Waals surface area contributed by atoms with Crippen molar-refractivity contribution < 1.29 is 9.63 Å². The first-order valence-electron chi connectivity index (χ1n) is 4.51. The van der Waals surface area contributed by atoms with Crippen molar-refractivity contribution in [3.8, 4) is 0 Å². The van der Waals surface area contributed by atoms with Crippen molar-refractivity contribution in [2.75, 3.05) is 13.1 Å². The first-order valence-corrected chi connectivity index (χ1v) is 5.03. The van der Waals surface area contributed by atoms with Crippen LogP contribution in [0.3, 0.4) is 0 Å². The van der Waals surface area contributed by atoms with Gasteiger partial charge in [-0.1, -0.05) is 0 Å². The minimum Gasteiger partial charge on any atom is -0.371 e. The number of rotatable bonds is 7. The van der Waals surface area contributed by atoms with Gasteiger partial charge < -0.3 is 10.6 Å². The van der Waals surface area contributed by atoms with E-state index in [1.165, 1.54) is 0 Å². The molecule has 0 heterocycles. The zero-order valence-corrected chi connectivity index (χ0v) is 8.85. The van der Waals surface area contributed by atoms with Crippen LogP contribution in [0.2, 0.25) is 0 Å². The fraction of sp³-hybridized carbons (Fsp3) is 0.875. The van der Waals surface area contributed by atoms with Crippen LogP contribution in [-0.4, -0.2) is 24.3 Å². The van der Waals surface area contributed by atoms with Crippen molar-refractivity contribution in [3.05, 3.63) is 0 Å². The molecule has 0 amide bonds. The highest BCUT2D eigenvalue weighted by atomic mass is 32.1. The minimum atomic E-state index is -0.238. The van der Waals surface area contributed by atoms with Crippen LogP contribution in [0.15, 0.2) is 0 Å². The lowest BCUT2D eigenvalue weighted by Gasteiger charge is -2.08. The Bertz CT molecular complexity index is 144. The number of nitrogens with two attached hydrogens (primary N) is 1. The third-order valence-corrected chi connectivity index (χ3v) is 2.03. The van der Waals surface area contributed by atoms with E-state index in [2.05, 4.69) is 22.9 Å². The molecule has 3 N–H and O–H groups in total. The van der Waals surface area contributed by atoms with Gasteiger partial charge in [0.2, 0.25) is 0 Å². The minimum absolute atomic E-state index is 0.194. The van der Waals surface area contributed by atoms with E-state index in [0.29, 0.717) is 25.9 Å². The first kappa shape index (κ1) is 12.7. The quantitative estimate of drug-likeness (QED) is 0.419. The second-order valence-corrected chi connectivity index (χ2v) is 3.47. The van der Waals surface area contributed by atoms with Crippen molar-refractivity contribution in [2.45, 2.75) is 31.4 Å². The zero-order chi connectivity index (χ0) is 10.1. The highest BCUT2D eigenvalue weighted by Crippen LogP contribution is 2.08. The second-order valence-electron chi connectivity index (χ2n) is 2.74. The highest BCUT2D eigenvalue weighted by Gasteiger charge is 2.07. The summed E-state index contributed by atoms with van der Waals surface area (Å²) in [6.07, 6.45) is 1.93. The van der Waals surface area contributed by atoms with Gasteiger partial charge in [-0.15, -0.1) is 0 Å². The van der Waals surface area contributed by atoms with Gasteiger partial charge in [0.1, 0.15) is 0 Å². The van der Waals surface area contributed by atoms with Crippen molar-refractivity contribution in [3.63, 3.8) is 0 Å². The fourth-order valence-electron chi connectivity index (χ4n) is 0.825. The number of hydroxylamine groups is 1.